The van der Waals surface area contributed by atoms with Gasteiger partial charge in [-0.1, -0.05) is 0 Å². The molecule has 1 nitrogen and oxygen atoms in total. The van der Waals surface area contributed by atoms with Crippen LogP contribution in [0.4, 0.5) is 0 Å². The molecular weight excluding hydrogens is 156 g/mol. The van der Waals surface area contributed by atoms with Crippen LogP contribution in [-0.2, 0) is 19.8 Å². The first kappa shape index (κ1) is 6.78. The maximum atomic E-state index is 10.5. The summed E-state index contributed by atoms with van der Waals surface area (Å²) in [5, 5.41) is 0. The Kier molecular flexibility index (Phi) is 2.26. The Morgan fingerprint density at radius 1 is 1.78 bits per heavy atom. The molecule has 2 heteroatoms. The molecule has 0 aromatic carbocycles. The zero-order valence-corrected chi connectivity index (χ0v) is 6.31. The van der Waals surface area contributed by atoms with Gasteiger partial charge in [0, 0.05) is 0 Å². The van der Waals surface area contributed by atoms with Crippen LogP contribution in [-0.4, -0.2) is 4.68 Å². The summed E-state index contributed by atoms with van der Waals surface area (Å²) in [4.78, 5) is 10.5. The van der Waals surface area contributed by atoms with E-state index in [2.05, 4.69) is 6.08 Å². The van der Waals surface area contributed by atoms with Gasteiger partial charge in [0.1, 0.15) is 0 Å². The molecule has 0 bridgehead atoms. The first-order chi connectivity index (χ1) is 4.29. The zero-order chi connectivity index (χ0) is 6.69. The third-order valence-electron chi connectivity index (χ3n) is 0.955. The van der Waals surface area contributed by atoms with Gasteiger partial charge in [-0.25, -0.2) is 0 Å². The van der Waals surface area contributed by atoms with Crippen molar-refractivity contribution in [2.45, 2.75) is 13.3 Å². The summed E-state index contributed by atoms with van der Waals surface area (Å²) in [5.41, 5.74) is 0. The second-order valence-corrected chi connectivity index (χ2v) is 3.53. The van der Waals surface area contributed by atoms with Gasteiger partial charge in [-0.2, -0.15) is 0 Å². The number of allylic oxidation sites excluding steroid dienone is 4. The summed E-state index contributed by atoms with van der Waals surface area (Å²) in [7, 11) is 0. The molecule has 50 valence electrons. The van der Waals surface area contributed by atoms with E-state index in [-0.39, 0.29) is 4.68 Å². The topological polar surface area (TPSA) is 17.1 Å². The normalized spacial score (nSPS) is 16.3. The van der Waals surface area contributed by atoms with E-state index < -0.39 is 0 Å². The van der Waals surface area contributed by atoms with Crippen molar-refractivity contribution in [3.05, 3.63) is 22.7 Å². The van der Waals surface area contributed by atoms with E-state index in [4.69, 9.17) is 0 Å². The molecule has 0 aromatic rings. The van der Waals surface area contributed by atoms with Crippen LogP contribution < -0.4 is 0 Å². The molecule has 9 heavy (non-hydrogen) atoms. The monoisotopic (exact) mass is 164 g/mol. The maximum absolute atomic E-state index is 10.5. The molecule has 0 spiro atoms. The average molecular weight is 164 g/mol. The standard InChI is InChI=1S/C5H5.C2H3O.Fe/c1-2-4-5-3-1;1-2-3;/h1-3H,4H2;1H3;. The Hall–Kier alpha value is -0.331. The van der Waals surface area contributed by atoms with Crippen molar-refractivity contribution in [3.8, 4) is 0 Å². The van der Waals surface area contributed by atoms with E-state index in [1.165, 1.54) is 4.47 Å². The molecule has 0 amide bonds. The Morgan fingerprint density at radius 2 is 2.56 bits per heavy atom. The van der Waals surface area contributed by atoms with Gasteiger partial charge in [0.2, 0.25) is 0 Å². The summed E-state index contributed by atoms with van der Waals surface area (Å²) in [6, 6.07) is 0. The fraction of sp³-hybridized carbons (Fsp3) is 0.286. The SMILES string of the molecule is C[C](=O)[Fe][C]1=CC=CC1. The van der Waals surface area contributed by atoms with E-state index in [1.54, 1.807) is 6.92 Å². The van der Waals surface area contributed by atoms with E-state index in [0.29, 0.717) is 15.0 Å². The van der Waals surface area contributed by atoms with Crippen LogP contribution in [0.5, 0.6) is 0 Å². The van der Waals surface area contributed by atoms with Crippen molar-refractivity contribution >= 4 is 4.68 Å². The van der Waals surface area contributed by atoms with Crippen molar-refractivity contribution < 1.29 is 19.8 Å². The van der Waals surface area contributed by atoms with Crippen LogP contribution in [0.3, 0.4) is 0 Å². The summed E-state index contributed by atoms with van der Waals surface area (Å²) < 4.78 is 1.49. The quantitative estimate of drug-likeness (QED) is 0.564. The van der Waals surface area contributed by atoms with Gasteiger partial charge in [-0.15, -0.1) is 0 Å². The molecule has 1 aliphatic carbocycles. The molecule has 0 radical (unpaired) electrons. The second-order valence-electron chi connectivity index (χ2n) is 1.77. The molecule has 0 atom stereocenters. The first-order valence-electron chi connectivity index (χ1n) is 2.77. The third kappa shape index (κ3) is 2.17. The van der Waals surface area contributed by atoms with E-state index in [9.17, 15) is 4.79 Å². The van der Waals surface area contributed by atoms with Crippen LogP contribution in [0, 0.1) is 0 Å². The van der Waals surface area contributed by atoms with Crippen molar-refractivity contribution in [1.29, 1.82) is 0 Å². The molecule has 0 saturated heterocycles. The fourth-order valence-corrected chi connectivity index (χ4v) is 1.58. The number of rotatable bonds is 2. The van der Waals surface area contributed by atoms with Crippen molar-refractivity contribution in [1.82, 2.24) is 0 Å². The van der Waals surface area contributed by atoms with Crippen LogP contribution in [0.15, 0.2) is 22.7 Å². The Morgan fingerprint density at radius 3 is 3.00 bits per heavy atom. The summed E-state index contributed by atoms with van der Waals surface area (Å²) in [5.74, 6) is 0. The third-order valence-corrected chi connectivity index (χ3v) is 2.11. The predicted molar refractivity (Wildman–Crippen MR) is 32.5 cm³/mol. The van der Waals surface area contributed by atoms with Gasteiger partial charge in [-0.3, -0.25) is 0 Å². The molecule has 0 unspecified atom stereocenters. The molecular formula is C7H8FeO. The minimum absolute atomic E-state index is 0.255. The number of hydrogen-bond acceptors (Lipinski definition) is 1. The summed E-state index contributed by atoms with van der Waals surface area (Å²) in [6.45, 7) is 1.62. The molecule has 0 heterocycles. The Labute approximate surface area is 61.0 Å². The van der Waals surface area contributed by atoms with E-state index in [0.717, 1.165) is 6.42 Å². The van der Waals surface area contributed by atoms with Gasteiger partial charge in [0.25, 0.3) is 0 Å². The van der Waals surface area contributed by atoms with Crippen LogP contribution >= 0.6 is 0 Å². The molecule has 1 aliphatic rings. The van der Waals surface area contributed by atoms with Crippen molar-refractivity contribution in [2.24, 2.45) is 0 Å². The van der Waals surface area contributed by atoms with Gasteiger partial charge >= 0.3 is 60.5 Å². The second kappa shape index (κ2) is 3.00. The fourth-order valence-electron chi connectivity index (χ4n) is 0.641. The van der Waals surface area contributed by atoms with Gasteiger partial charge in [0.15, 0.2) is 0 Å². The van der Waals surface area contributed by atoms with Gasteiger partial charge in [0.05, 0.1) is 0 Å². The molecule has 1 rings (SSSR count). The van der Waals surface area contributed by atoms with Crippen LogP contribution in [0.2, 0.25) is 0 Å². The predicted octanol–water partition coefficient (Wildman–Crippen LogP) is 1.46. The molecule has 0 aliphatic heterocycles. The van der Waals surface area contributed by atoms with Crippen molar-refractivity contribution in [2.75, 3.05) is 0 Å². The number of hydrogen-bond donors (Lipinski definition) is 0. The summed E-state index contributed by atoms with van der Waals surface area (Å²) in [6.07, 6.45) is 7.05. The molecule has 0 fully saturated rings. The summed E-state index contributed by atoms with van der Waals surface area (Å²) >= 11 is 0.632. The first-order valence-corrected chi connectivity index (χ1v) is 3.88. The van der Waals surface area contributed by atoms with Crippen LogP contribution in [0.25, 0.3) is 0 Å². The van der Waals surface area contributed by atoms with Gasteiger partial charge in [-0.05, 0) is 0 Å². The Bertz CT molecular complexity index is 179. The molecule has 0 aromatic heterocycles. The van der Waals surface area contributed by atoms with Gasteiger partial charge < -0.3 is 0 Å². The minimum atomic E-state index is 0.255. The van der Waals surface area contributed by atoms with E-state index >= 15 is 0 Å². The zero-order valence-electron chi connectivity index (χ0n) is 5.20. The molecule has 0 saturated carbocycles. The van der Waals surface area contributed by atoms with E-state index in [1.807, 2.05) is 12.2 Å². The number of carbonyl (C=O) groups is 1. The van der Waals surface area contributed by atoms with Crippen LogP contribution in [0.1, 0.15) is 13.3 Å². The molecule has 0 N–H and O–H groups in total. The number of carbonyl (C=O) groups excluding carboxylic acids is 1. The van der Waals surface area contributed by atoms with Crippen molar-refractivity contribution in [3.63, 3.8) is 0 Å². The average Bonchev–Trinajstić information content (AvgIpc) is 2.15. The Balaban J connectivity index is 2.39.